The normalized spacial score (nSPS) is 12.2. The van der Waals surface area contributed by atoms with Gasteiger partial charge in [0.2, 0.25) is 0 Å². The zero-order valence-corrected chi connectivity index (χ0v) is 34.2. The van der Waals surface area contributed by atoms with Crippen LogP contribution in [0, 0.1) is 13.8 Å². The van der Waals surface area contributed by atoms with Crippen LogP contribution in [0.3, 0.4) is 0 Å². The average molecular weight is 773 g/mol. The molecule has 0 bridgehead atoms. The molecule has 0 aliphatic rings. The highest BCUT2D eigenvalue weighted by molar-refractivity contribution is 6.24. The van der Waals surface area contributed by atoms with Gasteiger partial charge in [-0.2, -0.15) is 0 Å². The second kappa shape index (κ2) is 14.6. The number of nitrogens with zero attached hydrogens (tertiary/aromatic N) is 4. The van der Waals surface area contributed by atoms with E-state index in [1.54, 1.807) is 0 Å². The zero-order chi connectivity index (χ0) is 41.1. The van der Waals surface area contributed by atoms with Crippen LogP contribution in [-0.2, 0) is 0 Å². The van der Waals surface area contributed by atoms with Crippen molar-refractivity contribution in [1.29, 1.82) is 0 Å². The minimum atomic E-state index is 0.967. The van der Waals surface area contributed by atoms with Gasteiger partial charge in [0.15, 0.2) is 0 Å². The molecular formula is C56H44N4. The summed E-state index contributed by atoms with van der Waals surface area (Å²) in [5.41, 5.74) is 16.4. The first-order chi connectivity index (χ1) is 29.4. The fourth-order valence-electron chi connectivity index (χ4n) is 9.27. The van der Waals surface area contributed by atoms with Crippen molar-refractivity contribution < 1.29 is 0 Å². The summed E-state index contributed by atoms with van der Waals surface area (Å²) >= 11 is 0. The van der Waals surface area contributed by atoms with Crippen LogP contribution < -0.4 is 0 Å². The Morgan fingerprint density at radius 1 is 0.533 bits per heavy atom. The molecule has 0 saturated heterocycles. The summed E-state index contributed by atoms with van der Waals surface area (Å²) in [5, 5.41) is 7.08. The molecule has 0 aliphatic carbocycles. The quantitative estimate of drug-likeness (QED) is 0.106. The van der Waals surface area contributed by atoms with Crippen LogP contribution in [0.25, 0.3) is 107 Å². The molecule has 0 amide bonds. The molecule has 0 unspecified atom stereocenters. The van der Waals surface area contributed by atoms with Crippen LogP contribution in [0.1, 0.15) is 40.7 Å². The summed E-state index contributed by atoms with van der Waals surface area (Å²) in [6.07, 6.45) is 18.3. The fraction of sp³-hybridized carbons (Fsp3) is 0.0536. The van der Waals surface area contributed by atoms with Crippen LogP contribution in [-0.4, -0.2) is 18.5 Å². The summed E-state index contributed by atoms with van der Waals surface area (Å²) in [6.45, 7) is 18.8. The maximum absolute atomic E-state index is 5.22. The number of benzene rings is 6. The molecule has 4 aromatic heterocycles. The Balaban J connectivity index is 1.35. The fourth-order valence-corrected chi connectivity index (χ4v) is 9.27. The van der Waals surface area contributed by atoms with Gasteiger partial charge in [0.25, 0.3) is 0 Å². The van der Waals surface area contributed by atoms with Crippen molar-refractivity contribution in [2.45, 2.75) is 20.8 Å². The molecule has 6 aromatic carbocycles. The van der Waals surface area contributed by atoms with Gasteiger partial charge < -0.3 is 9.13 Å². The van der Waals surface area contributed by atoms with Gasteiger partial charge in [0.1, 0.15) is 5.65 Å². The van der Waals surface area contributed by atoms with Crippen LogP contribution in [0.5, 0.6) is 0 Å². The molecule has 4 nitrogen and oxygen atoms in total. The van der Waals surface area contributed by atoms with E-state index >= 15 is 0 Å². The third-order valence-corrected chi connectivity index (χ3v) is 12.1. The molecule has 4 heterocycles. The minimum absolute atomic E-state index is 0.967. The average Bonchev–Trinajstić information content (AvgIpc) is 3.91. The van der Waals surface area contributed by atoms with Gasteiger partial charge in [-0.1, -0.05) is 123 Å². The molecular weight excluding hydrogens is 729 g/mol. The molecule has 10 aromatic rings. The lowest BCUT2D eigenvalue weighted by atomic mass is 9.95. The van der Waals surface area contributed by atoms with E-state index in [0.29, 0.717) is 0 Å². The van der Waals surface area contributed by atoms with E-state index in [0.717, 1.165) is 83.6 Å². The smallest absolute Gasteiger partial charge is 0.146 e. The van der Waals surface area contributed by atoms with Gasteiger partial charge in [-0.05, 0) is 127 Å². The van der Waals surface area contributed by atoms with Gasteiger partial charge in [0, 0.05) is 49.9 Å². The van der Waals surface area contributed by atoms with Crippen molar-refractivity contribution in [1.82, 2.24) is 18.5 Å². The van der Waals surface area contributed by atoms with Crippen molar-refractivity contribution in [3.8, 4) is 22.5 Å². The van der Waals surface area contributed by atoms with E-state index in [9.17, 15) is 0 Å². The molecule has 0 atom stereocenters. The van der Waals surface area contributed by atoms with Gasteiger partial charge in [-0.3, -0.25) is 4.40 Å². The van der Waals surface area contributed by atoms with E-state index in [2.05, 4.69) is 200 Å². The first kappa shape index (κ1) is 36.6. The van der Waals surface area contributed by atoms with Crippen LogP contribution in [0.15, 0.2) is 171 Å². The second-order valence-corrected chi connectivity index (χ2v) is 15.3. The van der Waals surface area contributed by atoms with Gasteiger partial charge >= 0.3 is 0 Å². The molecule has 10 rings (SSSR count). The maximum atomic E-state index is 5.22. The number of hydrogen-bond acceptors (Lipinski definition) is 1. The van der Waals surface area contributed by atoms with Crippen molar-refractivity contribution in [3.63, 3.8) is 0 Å². The zero-order valence-electron chi connectivity index (χ0n) is 34.2. The van der Waals surface area contributed by atoms with E-state index < -0.39 is 0 Å². The van der Waals surface area contributed by atoms with Crippen LogP contribution in [0.4, 0.5) is 0 Å². The molecule has 60 heavy (non-hydrogen) atoms. The number of pyridine rings is 1. The monoisotopic (exact) mass is 772 g/mol. The lowest BCUT2D eigenvalue weighted by molar-refractivity contribution is 1.02. The Hall–Kier alpha value is -7.69. The lowest BCUT2D eigenvalue weighted by Crippen LogP contribution is -2.04. The standard InChI is InChI=1S/C56H44N4/c1-7-11-24-49-36(5)37(6)50(25-12-8-2)58(49)41-32-40(33-42(35-41)59-51(19-9-3)43(10-4)45-22-15-17-26-52(45)59)39-29-31-53-47(34-39)55-44-21-14-13-20-38(44)28-30-46(55)56-57-48-23-16-18-27-54(48)60(53)56/h7-35H,1-2,4H2,3,5-6H3/b19-9-,24-11-,25-12-. The molecule has 0 radical (unpaired) electrons. The largest absolute Gasteiger partial charge is 0.310 e. The van der Waals surface area contributed by atoms with Gasteiger partial charge in [-0.15, -0.1) is 0 Å². The van der Waals surface area contributed by atoms with Crippen molar-refractivity contribution in [2.24, 2.45) is 0 Å². The topological polar surface area (TPSA) is 27.2 Å². The molecule has 0 spiro atoms. The summed E-state index contributed by atoms with van der Waals surface area (Å²) in [5.74, 6) is 0. The summed E-state index contributed by atoms with van der Waals surface area (Å²) < 4.78 is 7.09. The van der Waals surface area contributed by atoms with Crippen LogP contribution >= 0.6 is 0 Å². The minimum Gasteiger partial charge on any atom is -0.310 e. The predicted octanol–water partition coefficient (Wildman–Crippen LogP) is 15.0. The van der Waals surface area contributed by atoms with Crippen molar-refractivity contribution >= 4 is 84.3 Å². The number of para-hydroxylation sites is 3. The number of allylic oxidation sites excluding steroid dienone is 5. The number of rotatable bonds is 9. The number of aromatic nitrogens is 4. The SMILES string of the molecule is C=C/C=C\c1c(C)c(C)c(/C=C\C=C)n1-c1cc(-c2ccc3c(c2)c2c4ccccc4ccc2c2nc4ccccc4n32)cc(-n2c(/C=C\C)c(C=C)c3ccccc32)c1. The van der Waals surface area contributed by atoms with E-state index in [1.807, 2.05) is 30.4 Å². The highest BCUT2D eigenvalue weighted by Gasteiger charge is 2.21. The third kappa shape index (κ3) is 5.56. The van der Waals surface area contributed by atoms with Gasteiger partial charge in [-0.25, -0.2) is 4.98 Å². The third-order valence-electron chi connectivity index (χ3n) is 12.1. The summed E-state index contributed by atoms with van der Waals surface area (Å²) in [4.78, 5) is 5.22. The Bertz CT molecular complexity index is 3480. The number of fused-ring (bicyclic) bond motifs is 11. The van der Waals surface area contributed by atoms with Crippen molar-refractivity contribution in [3.05, 3.63) is 205 Å². The molecule has 0 saturated carbocycles. The molecule has 288 valence electrons. The first-order valence-electron chi connectivity index (χ1n) is 20.4. The first-order valence-corrected chi connectivity index (χ1v) is 20.4. The highest BCUT2D eigenvalue weighted by atomic mass is 15.0. The molecule has 4 heteroatoms. The second-order valence-electron chi connectivity index (χ2n) is 15.3. The van der Waals surface area contributed by atoms with E-state index in [1.165, 1.54) is 32.7 Å². The Labute approximate surface area is 350 Å². The highest BCUT2D eigenvalue weighted by Crippen LogP contribution is 2.41. The maximum Gasteiger partial charge on any atom is 0.146 e. The summed E-state index contributed by atoms with van der Waals surface area (Å²) in [7, 11) is 0. The Morgan fingerprint density at radius 3 is 1.92 bits per heavy atom. The molecule has 0 aliphatic heterocycles. The Kier molecular flexibility index (Phi) is 8.92. The molecule has 0 fully saturated rings. The van der Waals surface area contributed by atoms with Gasteiger partial charge in [0.05, 0.1) is 27.8 Å². The van der Waals surface area contributed by atoms with Crippen molar-refractivity contribution in [2.75, 3.05) is 0 Å². The Morgan fingerprint density at radius 2 is 1.20 bits per heavy atom. The van der Waals surface area contributed by atoms with E-state index in [4.69, 9.17) is 4.98 Å². The predicted molar refractivity (Wildman–Crippen MR) is 260 cm³/mol. The van der Waals surface area contributed by atoms with E-state index in [-0.39, 0.29) is 0 Å². The molecule has 0 N–H and O–H groups in total. The number of imidazole rings is 1. The summed E-state index contributed by atoms with van der Waals surface area (Å²) in [6, 6.07) is 44.1. The van der Waals surface area contributed by atoms with Crippen LogP contribution in [0.2, 0.25) is 0 Å². The lowest BCUT2D eigenvalue weighted by Gasteiger charge is -2.18. The number of hydrogen-bond donors (Lipinski definition) is 0.